The second-order valence-corrected chi connectivity index (χ2v) is 9.93. The maximum atomic E-state index is 12.9. The number of piperazine rings is 1. The van der Waals surface area contributed by atoms with Gasteiger partial charge < -0.3 is 9.64 Å². The summed E-state index contributed by atoms with van der Waals surface area (Å²) >= 11 is 0. The van der Waals surface area contributed by atoms with Crippen molar-refractivity contribution in [2.75, 3.05) is 59.0 Å². The fourth-order valence-corrected chi connectivity index (χ4v) is 5.71. The summed E-state index contributed by atoms with van der Waals surface area (Å²) in [6, 6.07) is 1.75. The van der Waals surface area contributed by atoms with Gasteiger partial charge in [-0.1, -0.05) is 6.42 Å². The predicted octanol–water partition coefficient (Wildman–Crippen LogP) is 1.08. The standard InChI is InChI=1S/C24H37N5O3/c30-23-15-21(25-22-6-2-1-3-8-29(22)23)19-7-9-27(16-19)18-24(31)28-12-10-26(11-13-28)17-20-5-4-14-32-20/h15,19-20H,1-14,16-18H2/t19-,20+/m1/s1. The van der Waals surface area contributed by atoms with Crippen molar-refractivity contribution in [1.82, 2.24) is 24.3 Å². The minimum Gasteiger partial charge on any atom is -0.377 e. The Morgan fingerprint density at radius 1 is 1.00 bits per heavy atom. The van der Waals surface area contributed by atoms with Crippen LogP contribution < -0.4 is 5.56 Å². The van der Waals surface area contributed by atoms with Gasteiger partial charge in [0.25, 0.3) is 5.56 Å². The fourth-order valence-electron chi connectivity index (χ4n) is 5.71. The second kappa shape index (κ2) is 10.0. The molecule has 3 fully saturated rings. The first-order valence-electron chi connectivity index (χ1n) is 12.6. The first-order valence-corrected chi connectivity index (χ1v) is 12.6. The SMILES string of the molecule is O=C(CN1CC[C@@H](c2cc(=O)n3c(n2)CCCCC3)C1)N1CCN(C[C@@H]2CCCO2)CC1. The van der Waals surface area contributed by atoms with Crippen LogP contribution in [-0.2, 0) is 22.5 Å². The molecule has 176 valence electrons. The van der Waals surface area contributed by atoms with Crippen LogP contribution in [0, 0.1) is 0 Å². The molecule has 2 atom stereocenters. The summed E-state index contributed by atoms with van der Waals surface area (Å²) in [5, 5.41) is 0. The van der Waals surface area contributed by atoms with Gasteiger partial charge in [-0.15, -0.1) is 0 Å². The van der Waals surface area contributed by atoms with Crippen LogP contribution in [0.2, 0.25) is 0 Å². The molecular formula is C24H37N5O3. The second-order valence-electron chi connectivity index (χ2n) is 9.93. The van der Waals surface area contributed by atoms with Crippen LogP contribution in [0.25, 0.3) is 0 Å². The molecule has 1 aromatic rings. The number of rotatable bonds is 5. The summed E-state index contributed by atoms with van der Waals surface area (Å²) in [5.74, 6) is 1.45. The Bertz CT molecular complexity index is 858. The Hall–Kier alpha value is -1.77. The molecule has 0 N–H and O–H groups in total. The van der Waals surface area contributed by atoms with E-state index in [4.69, 9.17) is 9.72 Å². The molecule has 8 nitrogen and oxygen atoms in total. The van der Waals surface area contributed by atoms with E-state index in [1.807, 2.05) is 9.47 Å². The smallest absolute Gasteiger partial charge is 0.253 e. The molecule has 0 unspecified atom stereocenters. The lowest BCUT2D eigenvalue weighted by Crippen LogP contribution is -2.52. The molecule has 0 spiro atoms. The minimum atomic E-state index is 0.0994. The highest BCUT2D eigenvalue weighted by atomic mass is 16.5. The van der Waals surface area contributed by atoms with E-state index >= 15 is 0 Å². The van der Waals surface area contributed by atoms with Gasteiger partial charge in [0, 0.05) is 70.8 Å². The molecule has 0 saturated carbocycles. The number of aryl methyl sites for hydroxylation is 1. The van der Waals surface area contributed by atoms with Crippen LogP contribution in [-0.4, -0.2) is 95.2 Å². The fraction of sp³-hybridized carbons (Fsp3) is 0.792. The highest BCUT2D eigenvalue weighted by molar-refractivity contribution is 5.78. The molecule has 0 aromatic carbocycles. The number of carbonyl (C=O) groups is 1. The number of aromatic nitrogens is 2. The average Bonchev–Trinajstić information content (AvgIpc) is 3.42. The normalized spacial score (nSPS) is 27.4. The largest absolute Gasteiger partial charge is 0.377 e. The number of carbonyl (C=O) groups excluding carboxylic acids is 1. The zero-order chi connectivity index (χ0) is 21.9. The summed E-state index contributed by atoms with van der Waals surface area (Å²) in [7, 11) is 0. The Morgan fingerprint density at radius 2 is 1.88 bits per heavy atom. The van der Waals surface area contributed by atoms with Crippen LogP contribution in [0.3, 0.4) is 0 Å². The summed E-state index contributed by atoms with van der Waals surface area (Å²) in [4.78, 5) is 37.1. The van der Waals surface area contributed by atoms with Gasteiger partial charge in [0.05, 0.1) is 18.3 Å². The molecule has 4 aliphatic rings. The maximum absolute atomic E-state index is 12.9. The molecule has 4 aliphatic heterocycles. The van der Waals surface area contributed by atoms with Gasteiger partial charge in [-0.25, -0.2) is 4.98 Å². The average molecular weight is 444 g/mol. The summed E-state index contributed by atoms with van der Waals surface area (Å²) in [6.45, 7) is 8.40. The number of likely N-dealkylation sites (tertiary alicyclic amines) is 1. The van der Waals surface area contributed by atoms with Gasteiger partial charge in [0.2, 0.25) is 5.91 Å². The topological polar surface area (TPSA) is 70.9 Å². The zero-order valence-corrected chi connectivity index (χ0v) is 19.2. The van der Waals surface area contributed by atoms with Gasteiger partial charge in [-0.3, -0.25) is 24.0 Å². The van der Waals surface area contributed by atoms with Crippen molar-refractivity contribution in [3.05, 3.63) is 27.9 Å². The van der Waals surface area contributed by atoms with E-state index in [0.29, 0.717) is 12.6 Å². The third-order valence-corrected chi connectivity index (χ3v) is 7.65. The molecule has 0 bridgehead atoms. The van der Waals surface area contributed by atoms with Crippen LogP contribution >= 0.6 is 0 Å². The van der Waals surface area contributed by atoms with Gasteiger partial charge in [-0.05, 0) is 38.6 Å². The molecule has 0 aliphatic carbocycles. The van der Waals surface area contributed by atoms with Gasteiger partial charge in [-0.2, -0.15) is 0 Å². The van der Waals surface area contributed by atoms with Crippen molar-refractivity contribution < 1.29 is 9.53 Å². The third-order valence-electron chi connectivity index (χ3n) is 7.65. The number of amides is 1. The Morgan fingerprint density at radius 3 is 2.69 bits per heavy atom. The van der Waals surface area contributed by atoms with E-state index in [9.17, 15) is 9.59 Å². The monoisotopic (exact) mass is 443 g/mol. The first-order chi connectivity index (χ1) is 15.7. The molecule has 32 heavy (non-hydrogen) atoms. The van der Waals surface area contributed by atoms with E-state index in [2.05, 4.69) is 9.80 Å². The molecule has 1 aromatic heterocycles. The quantitative estimate of drug-likeness (QED) is 0.678. The summed E-state index contributed by atoms with van der Waals surface area (Å²) in [6.07, 6.45) is 7.94. The molecular weight excluding hydrogens is 406 g/mol. The molecule has 8 heteroatoms. The van der Waals surface area contributed by atoms with Crippen LogP contribution in [0.5, 0.6) is 0 Å². The zero-order valence-electron chi connectivity index (χ0n) is 19.2. The van der Waals surface area contributed by atoms with Crippen molar-refractivity contribution in [2.45, 2.75) is 63.5 Å². The summed E-state index contributed by atoms with van der Waals surface area (Å²) in [5.41, 5.74) is 1.03. The Labute approximate surface area is 190 Å². The van der Waals surface area contributed by atoms with Crippen LogP contribution in [0.4, 0.5) is 0 Å². The lowest BCUT2D eigenvalue weighted by Gasteiger charge is -2.36. The molecule has 5 heterocycles. The lowest BCUT2D eigenvalue weighted by molar-refractivity contribution is -0.134. The third kappa shape index (κ3) is 5.07. The molecule has 3 saturated heterocycles. The van der Waals surface area contributed by atoms with Crippen molar-refractivity contribution in [3.8, 4) is 0 Å². The number of hydrogen-bond donors (Lipinski definition) is 0. The van der Waals surface area contributed by atoms with Crippen molar-refractivity contribution in [3.63, 3.8) is 0 Å². The van der Waals surface area contributed by atoms with E-state index in [0.717, 1.165) is 96.2 Å². The Kier molecular flexibility index (Phi) is 6.90. The number of fused-ring (bicyclic) bond motifs is 1. The van der Waals surface area contributed by atoms with Crippen molar-refractivity contribution >= 4 is 5.91 Å². The van der Waals surface area contributed by atoms with E-state index in [-0.39, 0.29) is 17.4 Å². The maximum Gasteiger partial charge on any atom is 0.253 e. The highest BCUT2D eigenvalue weighted by Gasteiger charge is 2.30. The van der Waals surface area contributed by atoms with Gasteiger partial charge in [0.1, 0.15) is 5.82 Å². The lowest BCUT2D eigenvalue weighted by atomic mass is 10.0. The van der Waals surface area contributed by atoms with Crippen molar-refractivity contribution in [1.29, 1.82) is 0 Å². The first kappa shape index (κ1) is 22.0. The van der Waals surface area contributed by atoms with E-state index in [1.165, 1.54) is 19.3 Å². The molecule has 5 rings (SSSR count). The Balaban J connectivity index is 1.11. The number of hydrogen-bond acceptors (Lipinski definition) is 6. The minimum absolute atomic E-state index is 0.0994. The van der Waals surface area contributed by atoms with Crippen LogP contribution in [0.1, 0.15) is 56.0 Å². The van der Waals surface area contributed by atoms with Gasteiger partial charge in [0.15, 0.2) is 0 Å². The molecule has 1 amide bonds. The van der Waals surface area contributed by atoms with Crippen LogP contribution in [0.15, 0.2) is 10.9 Å². The number of ether oxygens (including phenoxy) is 1. The van der Waals surface area contributed by atoms with E-state index in [1.54, 1.807) is 6.07 Å². The molecule has 0 radical (unpaired) electrons. The van der Waals surface area contributed by atoms with Crippen molar-refractivity contribution in [2.24, 2.45) is 0 Å². The summed E-state index contributed by atoms with van der Waals surface area (Å²) < 4.78 is 7.62. The predicted molar refractivity (Wildman–Crippen MR) is 122 cm³/mol. The van der Waals surface area contributed by atoms with E-state index < -0.39 is 0 Å². The highest BCUT2D eigenvalue weighted by Crippen LogP contribution is 2.26. The van der Waals surface area contributed by atoms with Gasteiger partial charge >= 0.3 is 0 Å². The number of nitrogens with zero attached hydrogens (tertiary/aromatic N) is 5.